The van der Waals surface area contributed by atoms with Crippen LogP contribution in [0, 0.1) is 18.6 Å². The Kier molecular flexibility index (Phi) is 3.95. The van der Waals surface area contributed by atoms with Crippen LogP contribution in [0.25, 0.3) is 0 Å². The first-order valence-electron chi connectivity index (χ1n) is 4.66. The van der Waals surface area contributed by atoms with Gasteiger partial charge in [0.25, 0.3) is 0 Å². The lowest BCUT2D eigenvalue weighted by atomic mass is 10.0. The fourth-order valence-corrected chi connectivity index (χ4v) is 1.34. The lowest BCUT2D eigenvalue weighted by Crippen LogP contribution is -2.25. The van der Waals surface area contributed by atoms with E-state index in [0.717, 1.165) is 19.2 Å². The number of esters is 1. The Morgan fingerprint density at radius 1 is 1.44 bits per heavy atom. The summed E-state index contributed by atoms with van der Waals surface area (Å²) in [4.78, 5) is 10.9. The fourth-order valence-electron chi connectivity index (χ4n) is 1.34. The van der Waals surface area contributed by atoms with Gasteiger partial charge in [0.1, 0.15) is 11.6 Å². The first-order valence-corrected chi connectivity index (χ1v) is 4.66. The fraction of sp³-hybridized carbons (Fsp3) is 0.364. The van der Waals surface area contributed by atoms with Gasteiger partial charge in [-0.15, -0.1) is 0 Å². The highest BCUT2D eigenvalue weighted by Gasteiger charge is 2.20. The zero-order valence-electron chi connectivity index (χ0n) is 8.96. The van der Waals surface area contributed by atoms with Crippen molar-refractivity contribution >= 4 is 5.97 Å². The lowest BCUT2D eigenvalue weighted by Gasteiger charge is -2.10. The summed E-state index contributed by atoms with van der Waals surface area (Å²) in [7, 11) is 1.09. The minimum absolute atomic E-state index is 0.316. The van der Waals surface area contributed by atoms with Crippen LogP contribution >= 0.6 is 0 Å². The monoisotopic (exact) mass is 230 g/mol. The molecule has 0 spiro atoms. The van der Waals surface area contributed by atoms with Gasteiger partial charge in [-0.05, 0) is 24.6 Å². The van der Waals surface area contributed by atoms with E-state index >= 15 is 0 Å². The van der Waals surface area contributed by atoms with Crippen molar-refractivity contribution in [2.24, 2.45) is 0 Å². The Morgan fingerprint density at radius 3 is 2.38 bits per heavy atom. The molecule has 16 heavy (non-hydrogen) atoms. The van der Waals surface area contributed by atoms with E-state index in [2.05, 4.69) is 4.74 Å². The molecule has 88 valence electrons. The molecule has 0 saturated carbocycles. The van der Waals surface area contributed by atoms with Crippen LogP contribution < -0.4 is 0 Å². The van der Waals surface area contributed by atoms with Crippen molar-refractivity contribution in [3.63, 3.8) is 0 Å². The van der Waals surface area contributed by atoms with Gasteiger partial charge in [-0.3, -0.25) is 0 Å². The van der Waals surface area contributed by atoms with Crippen LogP contribution in [0.2, 0.25) is 0 Å². The standard InChI is InChI=1S/C11H12F2O3/c1-6-3-8(12)7(9(13)4-6)5-10(14)11(15)16-2/h3-4,10,14H,5H2,1-2H3. The van der Waals surface area contributed by atoms with E-state index in [9.17, 15) is 18.7 Å². The topological polar surface area (TPSA) is 46.5 Å². The number of halogens is 2. The van der Waals surface area contributed by atoms with Crippen LogP contribution in [-0.4, -0.2) is 24.3 Å². The van der Waals surface area contributed by atoms with Gasteiger partial charge in [0.2, 0.25) is 0 Å². The van der Waals surface area contributed by atoms with Crippen LogP contribution in [0.1, 0.15) is 11.1 Å². The normalized spacial score (nSPS) is 12.3. The summed E-state index contributed by atoms with van der Waals surface area (Å²) in [6.07, 6.45) is -2.00. The summed E-state index contributed by atoms with van der Waals surface area (Å²) < 4.78 is 30.9. The molecule has 1 aromatic rings. The highest BCUT2D eigenvalue weighted by atomic mass is 19.1. The number of carbonyl (C=O) groups is 1. The maximum Gasteiger partial charge on any atom is 0.335 e. The van der Waals surface area contributed by atoms with Crippen molar-refractivity contribution < 1.29 is 23.4 Å². The van der Waals surface area contributed by atoms with Crippen molar-refractivity contribution in [2.45, 2.75) is 19.4 Å². The van der Waals surface area contributed by atoms with Crippen LogP contribution in [-0.2, 0) is 16.0 Å². The third-order valence-corrected chi connectivity index (χ3v) is 2.16. The van der Waals surface area contributed by atoms with Crippen molar-refractivity contribution in [1.29, 1.82) is 0 Å². The number of carbonyl (C=O) groups excluding carboxylic acids is 1. The van der Waals surface area contributed by atoms with E-state index in [0.29, 0.717) is 5.56 Å². The van der Waals surface area contributed by atoms with Gasteiger partial charge in [0, 0.05) is 12.0 Å². The van der Waals surface area contributed by atoms with Gasteiger partial charge >= 0.3 is 5.97 Å². The number of aliphatic hydroxyl groups is 1. The van der Waals surface area contributed by atoms with Crippen molar-refractivity contribution in [2.75, 3.05) is 7.11 Å². The molecule has 0 heterocycles. The van der Waals surface area contributed by atoms with E-state index in [4.69, 9.17) is 0 Å². The molecule has 5 heteroatoms. The second-order valence-electron chi connectivity index (χ2n) is 3.45. The minimum atomic E-state index is -1.56. The number of methoxy groups -OCH3 is 1. The molecule has 0 aromatic heterocycles. The molecular weight excluding hydrogens is 218 g/mol. The summed E-state index contributed by atoms with van der Waals surface area (Å²) in [6, 6.07) is 2.28. The third kappa shape index (κ3) is 2.76. The van der Waals surface area contributed by atoms with Crippen LogP contribution in [0.5, 0.6) is 0 Å². The summed E-state index contributed by atoms with van der Waals surface area (Å²) in [5.41, 5.74) is 0.120. The molecule has 0 amide bonds. The summed E-state index contributed by atoms with van der Waals surface area (Å²) in [5.74, 6) is -2.47. The minimum Gasteiger partial charge on any atom is -0.467 e. The highest BCUT2D eigenvalue weighted by molar-refractivity contribution is 5.74. The van der Waals surface area contributed by atoms with Gasteiger partial charge in [-0.25, -0.2) is 13.6 Å². The van der Waals surface area contributed by atoms with Gasteiger partial charge in [0.05, 0.1) is 7.11 Å². The number of hydrogen-bond donors (Lipinski definition) is 1. The lowest BCUT2D eigenvalue weighted by molar-refractivity contribution is -0.150. The Balaban J connectivity index is 2.93. The maximum atomic E-state index is 13.3. The van der Waals surface area contributed by atoms with E-state index in [1.807, 2.05) is 0 Å². The average Bonchev–Trinajstić information content (AvgIpc) is 2.21. The van der Waals surface area contributed by atoms with Gasteiger partial charge in [-0.1, -0.05) is 0 Å². The average molecular weight is 230 g/mol. The zero-order valence-corrected chi connectivity index (χ0v) is 8.96. The predicted octanol–water partition coefficient (Wildman–Crippen LogP) is 1.35. The first-order chi connectivity index (χ1) is 7.45. The molecule has 0 bridgehead atoms. The predicted molar refractivity (Wildman–Crippen MR) is 52.8 cm³/mol. The van der Waals surface area contributed by atoms with Gasteiger partial charge < -0.3 is 9.84 Å². The molecule has 0 aliphatic rings. The molecule has 1 atom stereocenters. The molecule has 1 rings (SSSR count). The maximum absolute atomic E-state index is 13.3. The second-order valence-corrected chi connectivity index (χ2v) is 3.45. The van der Waals surface area contributed by atoms with Gasteiger partial charge in [0.15, 0.2) is 6.10 Å². The molecule has 0 aliphatic carbocycles. The SMILES string of the molecule is COC(=O)C(O)Cc1c(F)cc(C)cc1F. The summed E-state index contributed by atoms with van der Waals surface area (Å²) in [5, 5.41) is 9.28. The quantitative estimate of drug-likeness (QED) is 0.797. The summed E-state index contributed by atoms with van der Waals surface area (Å²) >= 11 is 0. The largest absolute Gasteiger partial charge is 0.467 e. The number of aryl methyl sites for hydroxylation is 1. The zero-order chi connectivity index (χ0) is 12.3. The molecule has 0 saturated heterocycles. The number of hydrogen-bond acceptors (Lipinski definition) is 3. The Bertz CT molecular complexity index is 381. The molecule has 3 nitrogen and oxygen atoms in total. The van der Waals surface area contributed by atoms with E-state index in [1.165, 1.54) is 0 Å². The molecule has 1 N–H and O–H groups in total. The van der Waals surface area contributed by atoms with Crippen LogP contribution in [0.4, 0.5) is 8.78 Å². The molecule has 1 unspecified atom stereocenters. The number of aliphatic hydroxyl groups excluding tert-OH is 1. The van der Waals surface area contributed by atoms with E-state index in [1.54, 1.807) is 6.92 Å². The smallest absolute Gasteiger partial charge is 0.335 e. The van der Waals surface area contributed by atoms with E-state index < -0.39 is 30.1 Å². The van der Waals surface area contributed by atoms with E-state index in [-0.39, 0.29) is 5.56 Å². The van der Waals surface area contributed by atoms with Gasteiger partial charge in [-0.2, -0.15) is 0 Å². The molecule has 1 aromatic carbocycles. The molecular formula is C11H12F2O3. The summed E-state index contributed by atoms with van der Waals surface area (Å²) in [6.45, 7) is 1.55. The highest BCUT2D eigenvalue weighted by Crippen LogP contribution is 2.17. The number of benzene rings is 1. The van der Waals surface area contributed by atoms with Crippen molar-refractivity contribution in [1.82, 2.24) is 0 Å². The van der Waals surface area contributed by atoms with Crippen molar-refractivity contribution in [3.8, 4) is 0 Å². The third-order valence-electron chi connectivity index (χ3n) is 2.16. The molecule has 0 radical (unpaired) electrons. The first kappa shape index (κ1) is 12.6. The second kappa shape index (κ2) is 5.03. The number of rotatable bonds is 3. The molecule has 0 fully saturated rings. The van der Waals surface area contributed by atoms with Crippen LogP contribution in [0.3, 0.4) is 0 Å². The van der Waals surface area contributed by atoms with Crippen LogP contribution in [0.15, 0.2) is 12.1 Å². The Labute approximate surface area is 91.7 Å². The number of ether oxygens (including phenoxy) is 1. The Morgan fingerprint density at radius 2 is 1.94 bits per heavy atom. The van der Waals surface area contributed by atoms with Crippen molar-refractivity contribution in [3.05, 3.63) is 34.9 Å². The Hall–Kier alpha value is -1.49. The molecule has 0 aliphatic heterocycles.